The maximum atomic E-state index is 13.1. The van der Waals surface area contributed by atoms with E-state index in [1.807, 2.05) is 0 Å². The first-order chi connectivity index (χ1) is 17.5. The first kappa shape index (κ1) is 34.6. The van der Waals surface area contributed by atoms with E-state index in [9.17, 15) is 19.2 Å². The van der Waals surface area contributed by atoms with Gasteiger partial charge in [-0.05, 0) is 83.1 Å². The number of carbonyl (C=O) groups is 4. The molecule has 0 aromatic heterocycles. The van der Waals surface area contributed by atoms with Crippen LogP contribution in [0.1, 0.15) is 83.1 Å². The summed E-state index contributed by atoms with van der Waals surface area (Å²) in [5.41, 5.74) is -3.60. The zero-order chi connectivity index (χ0) is 30.6. The number of rotatable bonds is 8. The maximum Gasteiger partial charge on any atom is 0.311 e. The summed E-state index contributed by atoms with van der Waals surface area (Å²) in [6.45, 7) is 23.4. The second-order valence-corrected chi connectivity index (χ2v) is 13.9. The topological polar surface area (TPSA) is 124 Å². The minimum absolute atomic E-state index is 0.00904. The molecule has 0 spiro atoms. The fourth-order valence-corrected chi connectivity index (χ4v) is 2.99. The van der Waals surface area contributed by atoms with Crippen LogP contribution in [-0.2, 0) is 47.6 Å². The summed E-state index contributed by atoms with van der Waals surface area (Å²) in [5.74, 6) is -2.37. The summed E-state index contributed by atoms with van der Waals surface area (Å²) in [6.07, 6.45) is -4.83. The van der Waals surface area contributed by atoms with Gasteiger partial charge in [0.15, 0.2) is 24.6 Å². The molecule has 0 bridgehead atoms. The van der Waals surface area contributed by atoms with Crippen LogP contribution in [-0.4, -0.2) is 67.8 Å². The van der Waals surface area contributed by atoms with Crippen LogP contribution in [0.2, 0.25) is 0 Å². The second kappa shape index (κ2) is 12.8. The quantitative estimate of drug-likeness (QED) is 0.242. The van der Waals surface area contributed by atoms with Gasteiger partial charge in [-0.25, -0.2) is 0 Å². The normalized spacial score (nSPS) is 24.4. The highest BCUT2D eigenvalue weighted by atomic mass is 16.7. The summed E-state index contributed by atoms with van der Waals surface area (Å²) < 4.78 is 35.0. The molecular weight excluding hydrogens is 508 g/mol. The van der Waals surface area contributed by atoms with Crippen molar-refractivity contribution in [1.29, 1.82) is 0 Å². The number of ether oxygens (including phenoxy) is 6. The Labute approximate surface area is 233 Å². The molecule has 1 aliphatic rings. The molecule has 0 aromatic rings. The zero-order valence-corrected chi connectivity index (χ0v) is 25.7. The highest BCUT2D eigenvalue weighted by molar-refractivity contribution is 5.78. The minimum Gasteiger partial charge on any atom is -0.462 e. The largest absolute Gasteiger partial charge is 0.462 e. The van der Waals surface area contributed by atoms with Crippen LogP contribution in [0.15, 0.2) is 12.7 Å². The molecule has 0 unspecified atom stereocenters. The van der Waals surface area contributed by atoms with Gasteiger partial charge in [0, 0.05) is 0 Å². The average molecular weight is 557 g/mol. The average Bonchev–Trinajstić information content (AvgIpc) is 2.76. The third kappa shape index (κ3) is 10.2. The summed E-state index contributed by atoms with van der Waals surface area (Å²) in [6, 6.07) is 0. The monoisotopic (exact) mass is 556 g/mol. The Morgan fingerprint density at radius 3 is 1.41 bits per heavy atom. The van der Waals surface area contributed by atoms with Crippen molar-refractivity contribution in [3.05, 3.63) is 12.7 Å². The van der Waals surface area contributed by atoms with Gasteiger partial charge in [-0.2, -0.15) is 0 Å². The van der Waals surface area contributed by atoms with Gasteiger partial charge >= 0.3 is 23.9 Å². The molecule has 1 aliphatic heterocycles. The standard InChI is InChI=1S/C29H48O10/c1-14-15-34-21-20(39-25(33)29(11,12)13)19(38-24(32)28(8,9)10)18(37-23(31)27(5,6)7)17(36-21)16-35-22(30)26(2,3)4/h14,17-21H,1,15-16H2,2-13H3/t17-,18+,19+,20-,21-/m1/s1. The van der Waals surface area contributed by atoms with E-state index >= 15 is 0 Å². The number of hydrogen-bond acceptors (Lipinski definition) is 10. The molecule has 1 fully saturated rings. The van der Waals surface area contributed by atoms with Crippen LogP contribution in [0.4, 0.5) is 0 Å². The highest BCUT2D eigenvalue weighted by Gasteiger charge is 2.55. The number of hydrogen-bond donors (Lipinski definition) is 0. The van der Waals surface area contributed by atoms with Crippen LogP contribution in [0.25, 0.3) is 0 Å². The lowest BCUT2D eigenvalue weighted by molar-refractivity contribution is -0.310. The molecule has 5 atom stereocenters. The Morgan fingerprint density at radius 2 is 1.03 bits per heavy atom. The van der Waals surface area contributed by atoms with E-state index in [1.54, 1.807) is 83.1 Å². The van der Waals surface area contributed by atoms with Gasteiger partial charge in [0.1, 0.15) is 12.7 Å². The van der Waals surface area contributed by atoms with Crippen molar-refractivity contribution in [2.75, 3.05) is 13.2 Å². The van der Waals surface area contributed by atoms with Gasteiger partial charge in [-0.1, -0.05) is 6.08 Å². The lowest BCUT2D eigenvalue weighted by atomic mass is 9.93. The maximum absolute atomic E-state index is 13.1. The fourth-order valence-electron chi connectivity index (χ4n) is 2.99. The van der Waals surface area contributed by atoms with Crippen LogP contribution < -0.4 is 0 Å². The second-order valence-electron chi connectivity index (χ2n) is 13.9. The first-order valence-electron chi connectivity index (χ1n) is 13.2. The summed E-state index contributed by atoms with van der Waals surface area (Å²) >= 11 is 0. The minimum atomic E-state index is -1.34. The van der Waals surface area contributed by atoms with Gasteiger partial charge in [0.2, 0.25) is 0 Å². The lowest BCUT2D eigenvalue weighted by Crippen LogP contribution is -2.64. The smallest absolute Gasteiger partial charge is 0.311 e. The van der Waals surface area contributed by atoms with Crippen molar-refractivity contribution >= 4 is 23.9 Å². The Hall–Kier alpha value is -2.46. The van der Waals surface area contributed by atoms with Gasteiger partial charge in [-0.15, -0.1) is 6.58 Å². The molecule has 0 saturated carbocycles. The van der Waals surface area contributed by atoms with Crippen molar-refractivity contribution in [3.8, 4) is 0 Å². The summed E-state index contributed by atoms with van der Waals surface area (Å²) in [7, 11) is 0. The van der Waals surface area contributed by atoms with Gasteiger partial charge in [0.25, 0.3) is 0 Å². The van der Waals surface area contributed by atoms with Crippen molar-refractivity contribution in [2.45, 2.75) is 114 Å². The van der Waals surface area contributed by atoms with Crippen LogP contribution in [0.3, 0.4) is 0 Å². The molecule has 10 heteroatoms. The fraction of sp³-hybridized carbons (Fsp3) is 0.793. The Balaban J connectivity index is 3.67. The summed E-state index contributed by atoms with van der Waals surface area (Å²) in [5, 5.41) is 0. The molecule has 1 saturated heterocycles. The molecule has 10 nitrogen and oxygen atoms in total. The highest BCUT2D eigenvalue weighted by Crippen LogP contribution is 2.34. The molecule has 1 rings (SSSR count). The number of carbonyl (C=O) groups excluding carboxylic acids is 4. The van der Waals surface area contributed by atoms with Crippen LogP contribution in [0, 0.1) is 21.7 Å². The van der Waals surface area contributed by atoms with Crippen LogP contribution >= 0.6 is 0 Å². The lowest BCUT2D eigenvalue weighted by Gasteiger charge is -2.45. The molecular formula is C29H48O10. The third-order valence-corrected chi connectivity index (χ3v) is 5.53. The van der Waals surface area contributed by atoms with E-state index in [2.05, 4.69) is 6.58 Å². The SMILES string of the molecule is C=CCO[C@@H]1O[C@H](COC(=O)C(C)(C)C)[C@H](OC(=O)C(C)(C)C)[C@H](OC(=O)C(C)(C)C)[C@H]1OC(=O)C(C)(C)C. The molecule has 1 heterocycles. The van der Waals surface area contributed by atoms with Gasteiger partial charge in [-0.3, -0.25) is 19.2 Å². The predicted octanol–water partition coefficient (Wildman–Crippen LogP) is 4.38. The van der Waals surface area contributed by atoms with E-state index in [-0.39, 0.29) is 13.2 Å². The molecule has 0 N–H and O–H groups in total. The van der Waals surface area contributed by atoms with Gasteiger partial charge in [0.05, 0.1) is 28.3 Å². The van der Waals surface area contributed by atoms with Crippen LogP contribution in [0.5, 0.6) is 0 Å². The number of esters is 4. The predicted molar refractivity (Wildman–Crippen MR) is 143 cm³/mol. The van der Waals surface area contributed by atoms with Crippen molar-refractivity contribution < 1.29 is 47.6 Å². The Kier molecular flexibility index (Phi) is 11.4. The molecule has 0 aliphatic carbocycles. The zero-order valence-electron chi connectivity index (χ0n) is 25.7. The van der Waals surface area contributed by atoms with E-state index in [0.29, 0.717) is 0 Å². The van der Waals surface area contributed by atoms with E-state index in [4.69, 9.17) is 28.4 Å². The molecule has 0 amide bonds. The summed E-state index contributed by atoms with van der Waals surface area (Å²) in [4.78, 5) is 51.8. The van der Waals surface area contributed by atoms with Crippen molar-refractivity contribution in [2.24, 2.45) is 21.7 Å². The van der Waals surface area contributed by atoms with E-state index in [1.165, 1.54) is 6.08 Å². The molecule has 0 aromatic carbocycles. The molecule has 0 radical (unpaired) electrons. The molecule has 39 heavy (non-hydrogen) atoms. The molecule has 224 valence electrons. The van der Waals surface area contributed by atoms with Gasteiger partial charge < -0.3 is 28.4 Å². The first-order valence-corrected chi connectivity index (χ1v) is 13.2. The van der Waals surface area contributed by atoms with Crippen molar-refractivity contribution in [3.63, 3.8) is 0 Å². The van der Waals surface area contributed by atoms with E-state index in [0.717, 1.165) is 0 Å². The Morgan fingerprint density at radius 1 is 0.641 bits per heavy atom. The van der Waals surface area contributed by atoms with E-state index < -0.39 is 76.2 Å². The Bertz CT molecular complexity index is 895. The third-order valence-electron chi connectivity index (χ3n) is 5.53. The van der Waals surface area contributed by atoms with Crippen molar-refractivity contribution in [1.82, 2.24) is 0 Å².